The Kier molecular flexibility index (Phi) is 10.9. The van der Waals surface area contributed by atoms with Crippen molar-refractivity contribution in [2.24, 2.45) is 0 Å². The molecule has 10 nitrogen and oxygen atoms in total. The van der Waals surface area contributed by atoms with Crippen LogP contribution in [0.15, 0.2) is 115 Å². The van der Waals surface area contributed by atoms with E-state index in [1.165, 1.54) is 6.08 Å². The minimum atomic E-state index is -0.521. The van der Waals surface area contributed by atoms with Crippen LogP contribution in [0.1, 0.15) is 16.2 Å². The van der Waals surface area contributed by atoms with E-state index in [0.29, 0.717) is 57.3 Å². The summed E-state index contributed by atoms with van der Waals surface area (Å²) in [6.45, 7) is -0.521. The second kappa shape index (κ2) is 16.0. The van der Waals surface area contributed by atoms with Crippen LogP contribution >= 0.6 is 0 Å². The van der Waals surface area contributed by atoms with Gasteiger partial charge >= 0.3 is 6.92 Å². The Hall–Kier alpha value is -6.49. The minimum absolute atomic E-state index is 0.294. The molecule has 0 spiro atoms. The maximum absolute atomic E-state index is 14.1. The van der Waals surface area contributed by atoms with Gasteiger partial charge in [0.25, 0.3) is 0 Å². The fourth-order valence-electron chi connectivity index (χ4n) is 5.97. The molecule has 0 fully saturated rings. The predicted octanol–water partition coefficient (Wildman–Crippen LogP) is 6.77. The largest absolute Gasteiger partial charge is 0.550 e. The number of ether oxygens (including phenoxy) is 6. The van der Waals surface area contributed by atoms with E-state index in [9.17, 15) is 4.79 Å². The zero-order valence-corrected chi connectivity index (χ0v) is 29.8. The van der Waals surface area contributed by atoms with Crippen molar-refractivity contribution >= 4 is 29.4 Å². The molecule has 0 radical (unpaired) electrons. The zero-order valence-electron chi connectivity index (χ0n) is 29.8. The quantitative estimate of drug-likeness (QED) is 0.0523. The van der Waals surface area contributed by atoms with Gasteiger partial charge in [-0.1, -0.05) is 60.7 Å². The number of allylic oxidation sites excluding steroid dienone is 1. The molecule has 0 aliphatic rings. The highest BCUT2D eigenvalue weighted by atomic mass is 16.5. The lowest BCUT2D eigenvalue weighted by Gasteiger charge is -2.19. The van der Waals surface area contributed by atoms with Crippen molar-refractivity contribution in [3.8, 4) is 57.0 Å². The van der Waals surface area contributed by atoms with E-state index in [-0.39, 0.29) is 5.78 Å². The number of rotatable bonds is 15. The molecule has 6 aromatic rings. The van der Waals surface area contributed by atoms with Crippen molar-refractivity contribution < 1.29 is 37.9 Å². The molecule has 264 valence electrons. The van der Waals surface area contributed by atoms with E-state index in [1.807, 2.05) is 103 Å². The van der Waals surface area contributed by atoms with Gasteiger partial charge in [0, 0.05) is 28.6 Å². The SMILES string of the molecule is COc1cc(-c2ccc(C(=O)/C=C(\OB(c3ccccc3)c3ccccc3)c3ccc(-c4cc(OC)c(OC)c(OC)c4)[nH]3)[nH]2)cc(OC)c1OC. The molecule has 0 saturated carbocycles. The summed E-state index contributed by atoms with van der Waals surface area (Å²) in [5.41, 5.74) is 5.77. The monoisotopic (exact) mass is 698 g/mol. The van der Waals surface area contributed by atoms with E-state index in [0.717, 1.165) is 27.7 Å². The number of nitrogens with one attached hydrogen (secondary N) is 2. The van der Waals surface area contributed by atoms with E-state index in [1.54, 1.807) is 48.7 Å². The first-order valence-electron chi connectivity index (χ1n) is 16.4. The minimum Gasteiger partial charge on any atom is -0.550 e. The van der Waals surface area contributed by atoms with Crippen molar-refractivity contribution in [3.63, 3.8) is 0 Å². The summed E-state index contributed by atoms with van der Waals surface area (Å²) in [7, 11) is 9.37. The number of benzene rings is 4. The summed E-state index contributed by atoms with van der Waals surface area (Å²) in [5, 5.41) is 0. The first kappa shape index (κ1) is 35.3. The molecule has 2 aromatic heterocycles. The van der Waals surface area contributed by atoms with Gasteiger partial charge in [-0.25, -0.2) is 0 Å². The number of methoxy groups -OCH3 is 6. The van der Waals surface area contributed by atoms with Crippen LogP contribution < -0.4 is 39.3 Å². The lowest BCUT2D eigenvalue weighted by atomic mass is 9.55. The number of H-pyrrole nitrogens is 2. The van der Waals surface area contributed by atoms with Gasteiger partial charge in [0.05, 0.1) is 54.0 Å². The molecule has 0 saturated heterocycles. The van der Waals surface area contributed by atoms with E-state index >= 15 is 0 Å². The fraction of sp³-hybridized carbons (Fsp3) is 0.146. The lowest BCUT2D eigenvalue weighted by Crippen LogP contribution is -2.44. The highest BCUT2D eigenvalue weighted by Crippen LogP contribution is 2.42. The van der Waals surface area contributed by atoms with Gasteiger partial charge in [0.2, 0.25) is 17.3 Å². The third-order valence-electron chi connectivity index (χ3n) is 8.57. The first-order chi connectivity index (χ1) is 25.4. The topological polar surface area (TPSA) is 113 Å². The van der Waals surface area contributed by atoms with Crippen LogP contribution in [0.25, 0.3) is 28.3 Å². The van der Waals surface area contributed by atoms with Gasteiger partial charge in [-0.15, -0.1) is 0 Å². The molecule has 0 unspecified atom stereocenters. The normalized spacial score (nSPS) is 11.1. The fourth-order valence-corrected chi connectivity index (χ4v) is 5.97. The molecule has 2 heterocycles. The highest BCUT2D eigenvalue weighted by molar-refractivity contribution is 6.80. The molecule has 0 bridgehead atoms. The Balaban J connectivity index is 1.42. The summed E-state index contributed by atoms with van der Waals surface area (Å²) in [6, 6.07) is 34.5. The van der Waals surface area contributed by atoms with Gasteiger partial charge in [-0.05, 0) is 59.5 Å². The number of aromatic nitrogens is 2. The number of carbonyl (C=O) groups is 1. The number of hydrogen-bond donors (Lipinski definition) is 2. The molecule has 0 atom stereocenters. The third-order valence-corrected chi connectivity index (χ3v) is 8.57. The first-order valence-corrected chi connectivity index (χ1v) is 16.4. The summed E-state index contributed by atoms with van der Waals surface area (Å²) >= 11 is 0. The Labute approximate surface area is 303 Å². The number of carbonyl (C=O) groups excluding carboxylic acids is 1. The van der Waals surface area contributed by atoms with Crippen molar-refractivity contribution in [3.05, 3.63) is 127 Å². The van der Waals surface area contributed by atoms with Crippen molar-refractivity contribution in [1.29, 1.82) is 0 Å². The Bertz CT molecular complexity index is 2090. The second-order valence-electron chi connectivity index (χ2n) is 11.6. The molecule has 0 aliphatic carbocycles. The van der Waals surface area contributed by atoms with Crippen LogP contribution in [-0.2, 0) is 4.65 Å². The number of ketones is 1. The van der Waals surface area contributed by atoms with Crippen LogP contribution in [0.2, 0.25) is 0 Å². The number of hydrogen-bond acceptors (Lipinski definition) is 8. The second-order valence-corrected chi connectivity index (χ2v) is 11.6. The van der Waals surface area contributed by atoms with Gasteiger partial charge in [0.1, 0.15) is 5.76 Å². The summed E-state index contributed by atoms with van der Waals surface area (Å²) in [5.74, 6) is 3.03. The van der Waals surface area contributed by atoms with Crippen LogP contribution in [0.5, 0.6) is 34.5 Å². The third kappa shape index (κ3) is 7.34. The van der Waals surface area contributed by atoms with Crippen molar-refractivity contribution in [2.45, 2.75) is 0 Å². The molecule has 4 aromatic carbocycles. The molecule has 2 N–H and O–H groups in total. The van der Waals surface area contributed by atoms with Crippen LogP contribution in [0.4, 0.5) is 0 Å². The molecule has 6 rings (SSSR count). The summed E-state index contributed by atoms with van der Waals surface area (Å²) in [6.07, 6.45) is 1.49. The molecular weight excluding hydrogens is 659 g/mol. The van der Waals surface area contributed by atoms with Crippen LogP contribution in [-0.4, -0.2) is 65.3 Å². The predicted molar refractivity (Wildman–Crippen MR) is 203 cm³/mol. The number of aromatic amines is 2. The maximum atomic E-state index is 14.1. The lowest BCUT2D eigenvalue weighted by molar-refractivity contribution is 0.104. The Morgan fingerprint density at radius 3 is 1.33 bits per heavy atom. The van der Waals surface area contributed by atoms with Crippen LogP contribution in [0.3, 0.4) is 0 Å². The molecular formula is C41H39BN2O8. The van der Waals surface area contributed by atoms with Gasteiger partial charge < -0.3 is 43.0 Å². The Morgan fingerprint density at radius 1 is 0.519 bits per heavy atom. The Morgan fingerprint density at radius 2 is 0.923 bits per heavy atom. The highest BCUT2D eigenvalue weighted by Gasteiger charge is 2.26. The van der Waals surface area contributed by atoms with Crippen molar-refractivity contribution in [1.82, 2.24) is 9.97 Å². The summed E-state index contributed by atoms with van der Waals surface area (Å²) in [4.78, 5) is 20.8. The van der Waals surface area contributed by atoms with Gasteiger partial charge in [-0.3, -0.25) is 4.79 Å². The summed E-state index contributed by atoms with van der Waals surface area (Å²) < 4.78 is 40.1. The zero-order chi connectivity index (χ0) is 36.6. The average molecular weight is 699 g/mol. The molecule has 11 heteroatoms. The van der Waals surface area contributed by atoms with Crippen molar-refractivity contribution in [2.75, 3.05) is 42.7 Å². The molecule has 0 aliphatic heterocycles. The van der Waals surface area contributed by atoms with Crippen LogP contribution in [0, 0.1) is 0 Å². The molecule has 52 heavy (non-hydrogen) atoms. The smallest absolute Gasteiger partial charge is 0.426 e. The molecule has 0 amide bonds. The van der Waals surface area contributed by atoms with E-state index < -0.39 is 6.92 Å². The standard InChI is InChI=1S/C41H39BN2O8/c1-46-36-21-26(22-37(47-2)40(36)50-5)30-17-19-32(43-30)34(45)25-35(52-42(28-13-9-7-10-14-28)29-15-11-8-12-16-29)33-20-18-31(44-33)27-23-38(48-3)41(51-6)39(24-27)49-4/h7-25,43-44H,1-6H3/b35-25-. The van der Waals surface area contributed by atoms with Gasteiger partial charge in [-0.2, -0.15) is 0 Å². The maximum Gasteiger partial charge on any atom is 0.426 e. The van der Waals surface area contributed by atoms with E-state index in [2.05, 4.69) is 9.97 Å². The van der Waals surface area contributed by atoms with Gasteiger partial charge in [0.15, 0.2) is 23.0 Å². The average Bonchev–Trinajstić information content (AvgIpc) is 3.90. The van der Waals surface area contributed by atoms with E-state index in [4.69, 9.17) is 33.1 Å².